The van der Waals surface area contributed by atoms with E-state index in [1.807, 2.05) is 30.5 Å². The number of aromatic nitrogens is 1. The van der Waals surface area contributed by atoms with Crippen LogP contribution in [0.5, 0.6) is 0 Å². The highest BCUT2D eigenvalue weighted by Gasteiger charge is 2.34. The summed E-state index contributed by atoms with van der Waals surface area (Å²) in [7, 11) is 0. The third-order valence-corrected chi connectivity index (χ3v) is 3.77. The lowest BCUT2D eigenvalue weighted by Gasteiger charge is -2.23. The Morgan fingerprint density at radius 1 is 1.08 bits per heavy atom. The SMILES string of the molecule is CC1(C(=O)O)C=CC=C(C(=O)O)C1.c1ccc(-c2ccc[nH]2)cc1. The molecule has 3 N–H and O–H groups in total. The zero-order valence-corrected chi connectivity index (χ0v) is 13.3. The molecule has 24 heavy (non-hydrogen) atoms. The van der Waals surface area contributed by atoms with Gasteiger partial charge in [0.2, 0.25) is 0 Å². The number of hydrogen-bond acceptors (Lipinski definition) is 2. The number of rotatable bonds is 3. The summed E-state index contributed by atoms with van der Waals surface area (Å²) in [6, 6.07) is 14.3. The van der Waals surface area contributed by atoms with Crippen LogP contribution in [-0.2, 0) is 9.59 Å². The molecule has 0 radical (unpaired) electrons. The number of carboxylic acids is 2. The maximum atomic E-state index is 10.8. The van der Waals surface area contributed by atoms with Gasteiger partial charge in [-0.25, -0.2) is 4.79 Å². The molecule has 1 unspecified atom stereocenters. The van der Waals surface area contributed by atoms with Gasteiger partial charge in [0.25, 0.3) is 0 Å². The molecule has 2 aromatic rings. The van der Waals surface area contributed by atoms with Crippen LogP contribution < -0.4 is 0 Å². The molecule has 0 saturated carbocycles. The van der Waals surface area contributed by atoms with Crippen molar-refractivity contribution in [2.75, 3.05) is 0 Å². The van der Waals surface area contributed by atoms with Crippen molar-refractivity contribution in [3.05, 3.63) is 72.5 Å². The largest absolute Gasteiger partial charge is 0.481 e. The van der Waals surface area contributed by atoms with Gasteiger partial charge in [0.15, 0.2) is 0 Å². The normalized spacial score (nSPS) is 19.0. The van der Waals surface area contributed by atoms with Crippen molar-refractivity contribution >= 4 is 11.9 Å². The van der Waals surface area contributed by atoms with Gasteiger partial charge in [-0.05, 0) is 31.0 Å². The Hall–Kier alpha value is -3.08. The highest BCUT2D eigenvalue weighted by atomic mass is 16.4. The second-order valence-electron chi connectivity index (χ2n) is 5.71. The minimum atomic E-state index is -1.08. The highest BCUT2D eigenvalue weighted by Crippen LogP contribution is 2.31. The summed E-state index contributed by atoms with van der Waals surface area (Å²) >= 11 is 0. The van der Waals surface area contributed by atoms with Gasteiger partial charge < -0.3 is 15.2 Å². The highest BCUT2D eigenvalue weighted by molar-refractivity contribution is 5.90. The minimum Gasteiger partial charge on any atom is -0.481 e. The molecule has 1 aromatic heterocycles. The fourth-order valence-corrected chi connectivity index (χ4v) is 2.31. The molecule has 0 fully saturated rings. The molecule has 0 amide bonds. The molecule has 0 saturated heterocycles. The van der Waals surface area contributed by atoms with Crippen molar-refractivity contribution in [3.8, 4) is 11.3 Å². The van der Waals surface area contributed by atoms with E-state index in [1.54, 1.807) is 0 Å². The maximum absolute atomic E-state index is 10.8. The summed E-state index contributed by atoms with van der Waals surface area (Å²) in [5.41, 5.74) is 1.46. The lowest BCUT2D eigenvalue weighted by Crippen LogP contribution is -2.28. The van der Waals surface area contributed by atoms with E-state index in [2.05, 4.69) is 23.2 Å². The third kappa shape index (κ3) is 4.23. The first-order chi connectivity index (χ1) is 11.4. The van der Waals surface area contributed by atoms with E-state index in [0.29, 0.717) is 0 Å². The van der Waals surface area contributed by atoms with Crippen LogP contribution in [0.2, 0.25) is 0 Å². The summed E-state index contributed by atoms with van der Waals surface area (Å²) < 4.78 is 0. The number of carboxylic acid groups (broad SMARTS) is 2. The molecule has 1 atom stereocenters. The molecule has 3 rings (SSSR count). The van der Waals surface area contributed by atoms with Gasteiger partial charge in [0.05, 0.1) is 5.41 Å². The fourth-order valence-electron chi connectivity index (χ4n) is 2.31. The van der Waals surface area contributed by atoms with E-state index >= 15 is 0 Å². The quantitative estimate of drug-likeness (QED) is 0.802. The molecule has 1 aliphatic rings. The summed E-state index contributed by atoms with van der Waals surface area (Å²) in [4.78, 5) is 24.5. The van der Waals surface area contributed by atoms with Crippen LogP contribution >= 0.6 is 0 Å². The molecule has 1 aliphatic carbocycles. The van der Waals surface area contributed by atoms with Crippen molar-refractivity contribution in [3.63, 3.8) is 0 Å². The zero-order chi connectivity index (χ0) is 17.6. The molecule has 0 aliphatic heterocycles. The Morgan fingerprint density at radius 3 is 2.33 bits per heavy atom. The second kappa shape index (κ2) is 7.46. The number of benzene rings is 1. The third-order valence-electron chi connectivity index (χ3n) is 3.77. The van der Waals surface area contributed by atoms with E-state index in [-0.39, 0.29) is 12.0 Å². The maximum Gasteiger partial charge on any atom is 0.331 e. The average Bonchev–Trinajstić information content (AvgIpc) is 3.11. The molecule has 5 nitrogen and oxygen atoms in total. The molecule has 5 heteroatoms. The topological polar surface area (TPSA) is 90.4 Å². The van der Waals surface area contributed by atoms with Crippen molar-refractivity contribution in [2.45, 2.75) is 13.3 Å². The van der Waals surface area contributed by atoms with Crippen LogP contribution in [0.4, 0.5) is 0 Å². The van der Waals surface area contributed by atoms with E-state index in [1.165, 1.54) is 36.4 Å². The number of aliphatic carboxylic acids is 2. The number of nitrogens with one attached hydrogen (secondary N) is 1. The summed E-state index contributed by atoms with van der Waals surface area (Å²) in [6.07, 6.45) is 6.37. The summed E-state index contributed by atoms with van der Waals surface area (Å²) in [6.45, 7) is 1.50. The Balaban J connectivity index is 0.000000175. The molecular formula is C19H19NO4. The first-order valence-electron chi connectivity index (χ1n) is 7.46. The number of H-pyrrole nitrogens is 1. The van der Waals surface area contributed by atoms with E-state index in [0.717, 1.165) is 0 Å². The zero-order valence-electron chi connectivity index (χ0n) is 13.3. The lowest BCUT2D eigenvalue weighted by molar-refractivity contribution is -0.145. The Labute approximate surface area is 140 Å². The van der Waals surface area contributed by atoms with Gasteiger partial charge in [-0.3, -0.25) is 4.79 Å². The summed E-state index contributed by atoms with van der Waals surface area (Å²) in [5, 5.41) is 17.5. The second-order valence-corrected chi connectivity index (χ2v) is 5.71. The van der Waals surface area contributed by atoms with Crippen molar-refractivity contribution in [1.82, 2.24) is 4.98 Å². The number of hydrogen-bond donors (Lipinski definition) is 3. The molecule has 1 heterocycles. The lowest BCUT2D eigenvalue weighted by atomic mass is 9.80. The van der Waals surface area contributed by atoms with Crippen molar-refractivity contribution in [1.29, 1.82) is 0 Å². The first kappa shape index (κ1) is 17.3. The van der Waals surface area contributed by atoms with Crippen molar-refractivity contribution < 1.29 is 19.8 Å². The van der Waals surface area contributed by atoms with Gasteiger partial charge in [-0.2, -0.15) is 0 Å². The number of aromatic amines is 1. The number of carbonyl (C=O) groups is 2. The smallest absolute Gasteiger partial charge is 0.331 e. The average molecular weight is 325 g/mol. The molecule has 0 spiro atoms. The minimum absolute atomic E-state index is 0.0359. The predicted molar refractivity (Wildman–Crippen MR) is 91.4 cm³/mol. The first-order valence-corrected chi connectivity index (χ1v) is 7.46. The van der Waals surface area contributed by atoms with E-state index < -0.39 is 17.4 Å². The standard InChI is InChI=1S/C10H9N.C9H10O4/c1-2-5-9(6-3-1)10-7-4-8-11-10;1-9(8(12)13)4-2-3-6(5-9)7(10)11/h1-8,11H;2-4H,5H2,1H3,(H,10,11)(H,12,13). The molecule has 1 aromatic carbocycles. The predicted octanol–water partition coefficient (Wildman–Crippen LogP) is 3.73. The van der Waals surface area contributed by atoms with Crippen molar-refractivity contribution in [2.24, 2.45) is 5.41 Å². The Bertz CT molecular complexity index is 760. The summed E-state index contributed by atoms with van der Waals surface area (Å²) in [5.74, 6) is -2.06. The van der Waals surface area contributed by atoms with Crippen LogP contribution in [0.15, 0.2) is 72.5 Å². The molecular weight excluding hydrogens is 306 g/mol. The molecule has 0 bridgehead atoms. The van der Waals surface area contributed by atoms with Gasteiger partial charge in [-0.15, -0.1) is 0 Å². The van der Waals surface area contributed by atoms with Crippen LogP contribution in [0.25, 0.3) is 11.3 Å². The fraction of sp³-hybridized carbons (Fsp3) is 0.158. The number of allylic oxidation sites excluding steroid dienone is 2. The van der Waals surface area contributed by atoms with Crippen LogP contribution in [0.3, 0.4) is 0 Å². The van der Waals surface area contributed by atoms with Gasteiger partial charge >= 0.3 is 11.9 Å². The monoisotopic (exact) mass is 325 g/mol. The van der Waals surface area contributed by atoms with Gasteiger partial charge in [0.1, 0.15) is 0 Å². The van der Waals surface area contributed by atoms with E-state index in [9.17, 15) is 9.59 Å². The molecule has 124 valence electrons. The van der Waals surface area contributed by atoms with E-state index in [4.69, 9.17) is 10.2 Å². The Morgan fingerprint density at radius 2 is 1.79 bits per heavy atom. The van der Waals surface area contributed by atoms with Crippen LogP contribution in [0.1, 0.15) is 13.3 Å². The Kier molecular flexibility index (Phi) is 5.37. The van der Waals surface area contributed by atoms with Crippen LogP contribution in [0, 0.1) is 5.41 Å². The van der Waals surface area contributed by atoms with Gasteiger partial charge in [-0.1, -0.05) is 48.6 Å². The van der Waals surface area contributed by atoms with Gasteiger partial charge in [0, 0.05) is 17.5 Å². The van der Waals surface area contributed by atoms with Crippen LogP contribution in [-0.4, -0.2) is 27.1 Å².